The number of carbonyl (C=O) groups is 3. The summed E-state index contributed by atoms with van der Waals surface area (Å²) in [6, 6.07) is 9.94. The van der Waals surface area contributed by atoms with Crippen molar-refractivity contribution in [3.63, 3.8) is 0 Å². The van der Waals surface area contributed by atoms with Gasteiger partial charge in [-0.3, -0.25) is 4.79 Å². The number of carbonyl (C=O) groups excluding carboxylic acids is 3. The summed E-state index contributed by atoms with van der Waals surface area (Å²) in [5, 5.41) is 10.5. The van der Waals surface area contributed by atoms with Crippen LogP contribution >= 0.6 is 0 Å². The molecule has 0 fully saturated rings. The molecule has 0 aliphatic rings. The van der Waals surface area contributed by atoms with Crippen LogP contribution in [0.3, 0.4) is 0 Å². The van der Waals surface area contributed by atoms with Gasteiger partial charge in [-0.2, -0.15) is 0 Å². The van der Waals surface area contributed by atoms with Crippen molar-refractivity contribution in [3.8, 4) is 0 Å². The first-order valence-electron chi connectivity index (χ1n) is 9.10. The summed E-state index contributed by atoms with van der Waals surface area (Å²) in [5.41, 5.74) is 1.65. The molecule has 10 heteroatoms. The van der Waals surface area contributed by atoms with E-state index in [9.17, 15) is 18.8 Å². The molecule has 0 bridgehead atoms. The van der Waals surface area contributed by atoms with Crippen LogP contribution in [0.1, 0.15) is 42.5 Å². The average Bonchev–Trinajstić information content (AvgIpc) is 3.14. The van der Waals surface area contributed by atoms with Crippen LogP contribution < -0.4 is 5.32 Å². The van der Waals surface area contributed by atoms with E-state index in [1.165, 1.54) is 49.2 Å². The lowest BCUT2D eigenvalue weighted by Crippen LogP contribution is -2.16. The fraction of sp³-hybridized carbons (Fsp3) is 0.190. The predicted octanol–water partition coefficient (Wildman–Crippen LogP) is 2.60. The molecular formula is C21H19FN4O5. The Morgan fingerprint density at radius 2 is 1.58 bits per heavy atom. The average molecular weight is 426 g/mol. The molecule has 0 aliphatic carbocycles. The zero-order chi connectivity index (χ0) is 22.5. The van der Waals surface area contributed by atoms with Gasteiger partial charge in [0, 0.05) is 5.69 Å². The number of rotatable bonds is 6. The molecule has 160 valence electrons. The second-order valence-electron chi connectivity index (χ2n) is 6.54. The van der Waals surface area contributed by atoms with Crippen molar-refractivity contribution in [1.82, 2.24) is 15.0 Å². The highest BCUT2D eigenvalue weighted by Crippen LogP contribution is 2.18. The lowest BCUT2D eigenvalue weighted by atomic mass is 10.1. The number of benzene rings is 2. The van der Waals surface area contributed by atoms with E-state index in [4.69, 9.17) is 0 Å². The highest BCUT2D eigenvalue weighted by atomic mass is 19.1. The summed E-state index contributed by atoms with van der Waals surface area (Å²) < 4.78 is 24.0. The lowest BCUT2D eigenvalue weighted by Gasteiger charge is -2.09. The normalized spacial score (nSPS) is 10.5. The topological polar surface area (TPSA) is 112 Å². The van der Waals surface area contributed by atoms with Crippen molar-refractivity contribution in [3.05, 3.63) is 76.4 Å². The van der Waals surface area contributed by atoms with E-state index in [2.05, 4.69) is 25.1 Å². The fourth-order valence-electron chi connectivity index (χ4n) is 2.84. The van der Waals surface area contributed by atoms with E-state index in [-0.39, 0.29) is 28.3 Å². The molecule has 1 heterocycles. The number of halogens is 1. The van der Waals surface area contributed by atoms with Crippen LogP contribution in [-0.4, -0.2) is 47.1 Å². The van der Waals surface area contributed by atoms with Crippen LogP contribution in [0.2, 0.25) is 0 Å². The molecule has 0 saturated heterocycles. The number of amides is 1. The Kier molecular flexibility index (Phi) is 6.39. The quantitative estimate of drug-likeness (QED) is 0.603. The number of methoxy groups -OCH3 is 2. The molecule has 1 aromatic heterocycles. The lowest BCUT2D eigenvalue weighted by molar-refractivity contribution is 0.0599. The van der Waals surface area contributed by atoms with Gasteiger partial charge >= 0.3 is 11.9 Å². The van der Waals surface area contributed by atoms with Crippen molar-refractivity contribution in [2.24, 2.45) is 0 Å². The maximum atomic E-state index is 13.1. The van der Waals surface area contributed by atoms with E-state index in [0.717, 1.165) is 5.56 Å². The highest BCUT2D eigenvalue weighted by molar-refractivity contribution is 6.05. The van der Waals surface area contributed by atoms with Crippen LogP contribution in [0.15, 0.2) is 42.5 Å². The Morgan fingerprint density at radius 1 is 1.00 bits per heavy atom. The van der Waals surface area contributed by atoms with Gasteiger partial charge in [-0.05, 0) is 42.8 Å². The van der Waals surface area contributed by atoms with Crippen molar-refractivity contribution >= 4 is 23.5 Å². The molecule has 2 aromatic carbocycles. The van der Waals surface area contributed by atoms with Crippen LogP contribution in [0.4, 0.5) is 10.1 Å². The molecule has 0 saturated carbocycles. The minimum Gasteiger partial charge on any atom is -0.465 e. The third kappa shape index (κ3) is 4.92. The number of anilines is 1. The molecule has 0 unspecified atom stereocenters. The van der Waals surface area contributed by atoms with E-state index >= 15 is 0 Å². The Labute approximate surface area is 176 Å². The van der Waals surface area contributed by atoms with Gasteiger partial charge in [0.05, 0.1) is 37.6 Å². The minimum atomic E-state index is -0.678. The Balaban J connectivity index is 1.84. The third-order valence-corrected chi connectivity index (χ3v) is 4.48. The number of ether oxygens (including phenoxy) is 2. The zero-order valence-electron chi connectivity index (χ0n) is 17.0. The molecule has 3 aromatic rings. The third-order valence-electron chi connectivity index (χ3n) is 4.48. The van der Waals surface area contributed by atoms with E-state index in [1.54, 1.807) is 19.1 Å². The Bertz CT molecular complexity index is 1110. The summed E-state index contributed by atoms with van der Waals surface area (Å²) >= 11 is 0. The van der Waals surface area contributed by atoms with Gasteiger partial charge in [-0.1, -0.05) is 17.3 Å². The van der Waals surface area contributed by atoms with E-state index in [1.807, 2.05) is 0 Å². The van der Waals surface area contributed by atoms with Gasteiger partial charge in [-0.15, -0.1) is 5.10 Å². The standard InChI is InChI=1S/C21H19FN4O5/c1-12-18(24-25-26(12)11-13-4-6-16(22)7-5-13)19(27)23-17-9-14(20(28)30-2)8-15(10-17)21(29)31-3/h4-10H,11H2,1-3H3,(H,23,27). The monoisotopic (exact) mass is 426 g/mol. The maximum Gasteiger partial charge on any atom is 0.337 e. The summed E-state index contributed by atoms with van der Waals surface area (Å²) in [6.45, 7) is 1.97. The summed E-state index contributed by atoms with van der Waals surface area (Å²) in [5.74, 6) is -2.29. The first-order valence-corrected chi connectivity index (χ1v) is 9.10. The largest absolute Gasteiger partial charge is 0.465 e. The van der Waals surface area contributed by atoms with Gasteiger partial charge in [-0.25, -0.2) is 18.7 Å². The summed E-state index contributed by atoms with van der Waals surface area (Å²) in [4.78, 5) is 36.5. The van der Waals surface area contributed by atoms with Crippen LogP contribution in [0.25, 0.3) is 0 Å². The molecule has 3 rings (SSSR count). The number of hydrogen-bond acceptors (Lipinski definition) is 7. The minimum absolute atomic E-state index is 0.0604. The molecule has 9 nitrogen and oxygen atoms in total. The molecule has 0 atom stereocenters. The van der Waals surface area contributed by atoms with Gasteiger partial charge in [0.2, 0.25) is 0 Å². The predicted molar refractivity (Wildman–Crippen MR) is 107 cm³/mol. The van der Waals surface area contributed by atoms with Crippen molar-refractivity contribution in [2.75, 3.05) is 19.5 Å². The first-order chi connectivity index (χ1) is 14.8. The SMILES string of the molecule is COC(=O)c1cc(NC(=O)c2nnn(Cc3ccc(F)cc3)c2C)cc(C(=O)OC)c1. The molecule has 31 heavy (non-hydrogen) atoms. The first kappa shape index (κ1) is 21.6. The fourth-order valence-corrected chi connectivity index (χ4v) is 2.84. The summed E-state index contributed by atoms with van der Waals surface area (Å²) in [6.07, 6.45) is 0. The summed E-state index contributed by atoms with van der Waals surface area (Å²) in [7, 11) is 2.41. The van der Waals surface area contributed by atoms with Gasteiger partial charge < -0.3 is 14.8 Å². The van der Waals surface area contributed by atoms with Gasteiger partial charge in [0.1, 0.15) is 5.82 Å². The van der Waals surface area contributed by atoms with Crippen molar-refractivity contribution in [2.45, 2.75) is 13.5 Å². The second kappa shape index (κ2) is 9.16. The number of hydrogen-bond donors (Lipinski definition) is 1. The second-order valence-corrected chi connectivity index (χ2v) is 6.54. The van der Waals surface area contributed by atoms with Gasteiger partial charge in [0.25, 0.3) is 5.91 Å². The number of nitrogens with zero attached hydrogens (tertiary/aromatic N) is 3. The highest BCUT2D eigenvalue weighted by Gasteiger charge is 2.19. The Morgan fingerprint density at radius 3 is 2.13 bits per heavy atom. The molecule has 0 spiro atoms. The van der Waals surface area contributed by atoms with Crippen LogP contribution in [0.5, 0.6) is 0 Å². The van der Waals surface area contributed by atoms with Crippen molar-refractivity contribution < 1.29 is 28.2 Å². The van der Waals surface area contributed by atoms with Crippen LogP contribution in [0, 0.1) is 12.7 Å². The molecule has 1 N–H and O–H groups in total. The maximum absolute atomic E-state index is 13.1. The number of aromatic nitrogens is 3. The number of nitrogens with one attached hydrogen (secondary N) is 1. The molecule has 0 aliphatic heterocycles. The smallest absolute Gasteiger partial charge is 0.337 e. The van der Waals surface area contributed by atoms with Crippen LogP contribution in [-0.2, 0) is 16.0 Å². The van der Waals surface area contributed by atoms with Crippen molar-refractivity contribution in [1.29, 1.82) is 0 Å². The van der Waals surface area contributed by atoms with E-state index < -0.39 is 17.8 Å². The zero-order valence-corrected chi connectivity index (χ0v) is 17.0. The van der Waals surface area contributed by atoms with Gasteiger partial charge in [0.15, 0.2) is 5.69 Å². The Hall–Kier alpha value is -4.08. The van der Waals surface area contributed by atoms with E-state index in [0.29, 0.717) is 12.2 Å². The number of esters is 2. The molecule has 0 radical (unpaired) electrons. The molecular weight excluding hydrogens is 407 g/mol. The molecule has 1 amide bonds.